The lowest BCUT2D eigenvalue weighted by atomic mass is 9.60. The van der Waals surface area contributed by atoms with Gasteiger partial charge in [0.25, 0.3) is 0 Å². The molecule has 0 saturated heterocycles. The molecule has 1 fully saturated rings. The van der Waals surface area contributed by atoms with Gasteiger partial charge in [0.2, 0.25) is 0 Å². The molecule has 0 radical (unpaired) electrons. The fourth-order valence-electron chi connectivity index (χ4n) is 7.14. The Kier molecular flexibility index (Phi) is 6.59. The summed E-state index contributed by atoms with van der Waals surface area (Å²) >= 11 is 0. The highest BCUT2D eigenvalue weighted by atomic mass is 16.5. The summed E-state index contributed by atoms with van der Waals surface area (Å²) in [4.78, 5) is 29.9. The summed E-state index contributed by atoms with van der Waals surface area (Å²) < 4.78 is 5.80. The number of fused-ring (bicyclic) bond motifs is 2. The number of ketones is 1. The van der Waals surface area contributed by atoms with E-state index in [2.05, 4.69) is 37.3 Å². The van der Waals surface area contributed by atoms with Crippen LogP contribution >= 0.6 is 0 Å². The molecule has 4 aromatic carbocycles. The Hall–Kier alpha value is -4.50. The maximum absolute atomic E-state index is 15.7. The number of esters is 1. The third-order valence-electron chi connectivity index (χ3n) is 8.40. The van der Waals surface area contributed by atoms with Gasteiger partial charge in [0.15, 0.2) is 5.78 Å². The minimum atomic E-state index is -1.27. The molecule has 3 unspecified atom stereocenters. The van der Waals surface area contributed by atoms with E-state index in [4.69, 9.17) is 4.74 Å². The smallest absolute Gasteiger partial charge is 0.314 e. The van der Waals surface area contributed by atoms with Gasteiger partial charge in [0.1, 0.15) is 11.3 Å². The summed E-state index contributed by atoms with van der Waals surface area (Å²) in [5.74, 6) is -1.16. The third kappa shape index (κ3) is 3.43. The number of allylic oxidation sites excluding steroid dienone is 3. The van der Waals surface area contributed by atoms with Crippen molar-refractivity contribution >= 4 is 22.9 Å². The van der Waals surface area contributed by atoms with Crippen LogP contribution in [0.15, 0.2) is 133 Å². The molecule has 40 heavy (non-hydrogen) atoms. The van der Waals surface area contributed by atoms with Crippen LogP contribution in [0.3, 0.4) is 0 Å². The van der Waals surface area contributed by atoms with E-state index in [-0.39, 0.29) is 18.4 Å². The molecule has 0 N–H and O–H groups in total. The van der Waals surface area contributed by atoms with E-state index in [1.54, 1.807) is 0 Å². The van der Waals surface area contributed by atoms with Crippen LogP contribution in [0.4, 0.5) is 0 Å². The zero-order valence-corrected chi connectivity index (χ0v) is 22.8. The molecule has 4 aromatic rings. The quantitative estimate of drug-likeness (QED) is 0.185. The van der Waals surface area contributed by atoms with Crippen molar-refractivity contribution in [2.75, 3.05) is 6.61 Å². The second-order valence-corrected chi connectivity index (χ2v) is 10.4. The van der Waals surface area contributed by atoms with E-state index in [9.17, 15) is 4.79 Å². The van der Waals surface area contributed by atoms with Crippen LogP contribution in [-0.2, 0) is 25.2 Å². The van der Waals surface area contributed by atoms with Gasteiger partial charge in [0, 0.05) is 0 Å². The Bertz CT molecular complexity index is 1600. The van der Waals surface area contributed by atoms with Crippen molar-refractivity contribution in [2.45, 2.75) is 31.1 Å². The molecule has 1 saturated carbocycles. The first-order chi connectivity index (χ1) is 19.6. The summed E-state index contributed by atoms with van der Waals surface area (Å²) in [6.45, 7) is 4.12. The highest BCUT2D eigenvalue weighted by Crippen LogP contribution is 2.72. The van der Waals surface area contributed by atoms with E-state index in [1.165, 1.54) is 0 Å². The molecule has 198 valence electrons. The predicted molar refractivity (Wildman–Crippen MR) is 159 cm³/mol. The number of hydrogen-bond donors (Lipinski definition) is 0. The Morgan fingerprint density at radius 1 is 0.700 bits per heavy atom. The average Bonchev–Trinajstić information content (AvgIpc) is 3.38. The monoisotopic (exact) mass is 524 g/mol. The number of benzene rings is 4. The van der Waals surface area contributed by atoms with Gasteiger partial charge in [-0.15, -0.1) is 0 Å². The average molecular weight is 525 g/mol. The van der Waals surface area contributed by atoms with Crippen LogP contribution in [0.5, 0.6) is 0 Å². The molecule has 2 aliphatic rings. The fourth-order valence-corrected chi connectivity index (χ4v) is 7.14. The molecule has 3 nitrogen and oxygen atoms in total. The molecule has 2 aliphatic carbocycles. The van der Waals surface area contributed by atoms with Gasteiger partial charge < -0.3 is 4.74 Å². The molecule has 0 amide bonds. The minimum absolute atomic E-state index is 0.00728. The van der Waals surface area contributed by atoms with E-state index >= 15 is 4.79 Å². The van der Waals surface area contributed by atoms with E-state index < -0.39 is 16.7 Å². The van der Waals surface area contributed by atoms with Crippen molar-refractivity contribution in [1.29, 1.82) is 0 Å². The lowest BCUT2D eigenvalue weighted by Gasteiger charge is -2.40. The highest BCUT2D eigenvalue weighted by molar-refractivity contribution is 6.34. The largest absolute Gasteiger partial charge is 0.465 e. The normalized spacial score (nSPS) is 24.5. The summed E-state index contributed by atoms with van der Waals surface area (Å²) in [5.41, 5.74) is 3.80. The molecule has 0 aromatic heterocycles. The highest BCUT2D eigenvalue weighted by Gasteiger charge is 2.76. The Morgan fingerprint density at radius 3 is 1.68 bits per heavy atom. The van der Waals surface area contributed by atoms with Crippen molar-refractivity contribution in [3.05, 3.63) is 155 Å². The minimum Gasteiger partial charge on any atom is -0.465 e. The van der Waals surface area contributed by atoms with Crippen molar-refractivity contribution in [2.24, 2.45) is 5.92 Å². The maximum atomic E-state index is 15.7. The second kappa shape index (κ2) is 10.2. The van der Waals surface area contributed by atoms with Crippen molar-refractivity contribution in [3.8, 4) is 0 Å². The van der Waals surface area contributed by atoms with Crippen molar-refractivity contribution in [3.63, 3.8) is 0 Å². The fraction of sp³-hybridized carbons (Fsp3) is 0.189. The van der Waals surface area contributed by atoms with Gasteiger partial charge in [-0.1, -0.05) is 134 Å². The molecule has 3 atom stereocenters. The van der Waals surface area contributed by atoms with E-state index in [0.717, 1.165) is 39.0 Å². The first-order valence-corrected chi connectivity index (χ1v) is 14.0. The first kappa shape index (κ1) is 25.8. The van der Waals surface area contributed by atoms with Gasteiger partial charge in [0.05, 0.1) is 12.0 Å². The molecule has 6 rings (SSSR count). The number of rotatable bonds is 7. The summed E-state index contributed by atoms with van der Waals surface area (Å²) in [6.07, 6.45) is 2.78. The Labute approximate surface area is 235 Å². The molecule has 2 bridgehead atoms. The number of carbonyl (C=O) groups excluding carboxylic acids is 2. The SMILES string of the molecule is CC/C=C1\C(C(=O)OCC)C2(c3ccccc3)C(=O)C1(c1ccccc1)C(c1ccccc1)=C2c1ccccc1. The summed E-state index contributed by atoms with van der Waals surface area (Å²) in [5, 5.41) is 0. The number of Topliss-reactive ketones (excluding diaryl/α,β-unsaturated/α-hetero) is 1. The van der Waals surface area contributed by atoms with Gasteiger partial charge in [-0.25, -0.2) is 0 Å². The number of carbonyl (C=O) groups is 2. The van der Waals surface area contributed by atoms with Gasteiger partial charge in [-0.2, -0.15) is 0 Å². The van der Waals surface area contributed by atoms with Crippen LogP contribution in [-0.4, -0.2) is 18.4 Å². The Morgan fingerprint density at radius 2 is 1.18 bits per heavy atom. The zero-order valence-electron chi connectivity index (χ0n) is 22.8. The molecular formula is C37H32O3. The predicted octanol–water partition coefficient (Wildman–Crippen LogP) is 7.59. The lowest BCUT2D eigenvalue weighted by molar-refractivity contribution is -0.148. The van der Waals surface area contributed by atoms with Crippen LogP contribution in [0.2, 0.25) is 0 Å². The standard InChI is InChI=1S/C37H32O3/c1-3-17-30-33(34(38)40-4-2)37(29-24-15-8-16-25-29)32(27-20-11-6-12-21-27)31(26-18-9-5-10-19-26)36(30,35(37)39)28-22-13-7-14-23-28/h5-25,33H,3-4H2,1-2H3/b30-17+. The molecule has 0 aliphatic heterocycles. The van der Waals surface area contributed by atoms with Crippen LogP contribution < -0.4 is 0 Å². The Balaban J connectivity index is 1.89. The maximum Gasteiger partial charge on any atom is 0.314 e. The first-order valence-electron chi connectivity index (χ1n) is 14.0. The molecule has 0 heterocycles. The molecule has 3 heteroatoms. The lowest BCUT2D eigenvalue weighted by Crippen LogP contribution is -2.42. The zero-order chi connectivity index (χ0) is 27.7. The van der Waals surface area contributed by atoms with Gasteiger partial charge in [-0.05, 0) is 52.3 Å². The topological polar surface area (TPSA) is 43.4 Å². The van der Waals surface area contributed by atoms with Gasteiger partial charge >= 0.3 is 5.97 Å². The van der Waals surface area contributed by atoms with E-state index in [0.29, 0.717) is 6.42 Å². The van der Waals surface area contributed by atoms with E-state index in [1.807, 2.05) is 104 Å². The van der Waals surface area contributed by atoms with Gasteiger partial charge in [-0.3, -0.25) is 9.59 Å². The second-order valence-electron chi connectivity index (χ2n) is 10.4. The van der Waals surface area contributed by atoms with Crippen molar-refractivity contribution < 1.29 is 14.3 Å². The third-order valence-corrected chi connectivity index (χ3v) is 8.40. The molecular weight excluding hydrogens is 492 g/mol. The van der Waals surface area contributed by atoms with Crippen molar-refractivity contribution in [1.82, 2.24) is 0 Å². The van der Waals surface area contributed by atoms with Crippen LogP contribution in [0, 0.1) is 5.92 Å². The summed E-state index contributed by atoms with van der Waals surface area (Å²) in [7, 11) is 0. The molecule has 0 spiro atoms. The number of ether oxygens (including phenoxy) is 1. The number of hydrogen-bond acceptors (Lipinski definition) is 3. The van der Waals surface area contributed by atoms with Crippen LogP contribution in [0.25, 0.3) is 11.1 Å². The summed E-state index contributed by atoms with van der Waals surface area (Å²) in [6, 6.07) is 40.1. The van der Waals surface area contributed by atoms with Crippen LogP contribution in [0.1, 0.15) is 42.5 Å².